The van der Waals surface area contributed by atoms with E-state index in [1.807, 2.05) is 6.07 Å². The molecule has 0 saturated heterocycles. The molecule has 1 fully saturated rings. The third-order valence-electron chi connectivity index (χ3n) is 8.67. The molecule has 0 nitrogen and oxygen atoms in total. The number of rotatable bonds is 11. The van der Waals surface area contributed by atoms with Crippen molar-refractivity contribution in [2.45, 2.75) is 110 Å². The summed E-state index contributed by atoms with van der Waals surface area (Å²) in [7, 11) is 0. The smallest absolute Gasteiger partial charge is 0.0409 e. The van der Waals surface area contributed by atoms with Crippen molar-refractivity contribution in [3.8, 4) is 0 Å². The Labute approximate surface area is 207 Å². The van der Waals surface area contributed by atoms with Crippen LogP contribution in [-0.2, 0) is 5.41 Å². The van der Waals surface area contributed by atoms with E-state index in [0.29, 0.717) is 5.92 Å². The summed E-state index contributed by atoms with van der Waals surface area (Å²) in [5.41, 5.74) is 1.27. The highest BCUT2D eigenvalue weighted by atomic mass is 35.5. The zero-order chi connectivity index (χ0) is 23.0. The Kier molecular flexibility index (Phi) is 9.81. The van der Waals surface area contributed by atoms with E-state index >= 15 is 0 Å². The number of unbranched alkanes of at least 4 members (excludes halogenated alkanes) is 4. The lowest BCUT2D eigenvalue weighted by Crippen LogP contribution is -2.52. The number of halogens is 2. The van der Waals surface area contributed by atoms with Crippen LogP contribution in [0.2, 0.25) is 5.02 Å². The van der Waals surface area contributed by atoms with Crippen molar-refractivity contribution in [2.75, 3.05) is 0 Å². The van der Waals surface area contributed by atoms with Gasteiger partial charge < -0.3 is 0 Å². The lowest BCUT2D eigenvalue weighted by atomic mass is 9.48. The molecule has 3 rings (SSSR count). The molecule has 2 atom stereocenters. The first-order chi connectivity index (χ1) is 15.5. The van der Waals surface area contributed by atoms with Gasteiger partial charge in [0.25, 0.3) is 0 Å². The normalized spacial score (nSPS) is 30.3. The van der Waals surface area contributed by atoms with Crippen molar-refractivity contribution in [1.29, 1.82) is 0 Å². The maximum atomic E-state index is 7.20. The number of allylic oxidation sites excluding steroid dienone is 4. The highest BCUT2D eigenvalue weighted by Crippen LogP contribution is 2.62. The molecule has 0 aromatic heterocycles. The van der Waals surface area contributed by atoms with E-state index in [9.17, 15) is 0 Å². The maximum Gasteiger partial charge on any atom is 0.0409 e. The molecule has 1 aromatic carbocycles. The van der Waals surface area contributed by atoms with Crippen LogP contribution in [-0.4, -0.2) is 0 Å². The largest absolute Gasteiger partial charge is 0.0885 e. The Balaban J connectivity index is 2.00. The molecule has 0 radical (unpaired) electrons. The minimum absolute atomic E-state index is 0.0388. The lowest BCUT2D eigenvalue weighted by molar-refractivity contribution is 0.0789. The van der Waals surface area contributed by atoms with Crippen LogP contribution in [0.25, 0.3) is 0 Å². The standard InChI is InChI=1S/C30H44Cl2/c1-4-7-9-13-24-17-19-25(20-18-24)30(26-14-11-15-27(31)23-26)22-12-16-28(32)29(30,6-3)21-10-8-5-2/h11-12,14-16,22-25H,4-10,13,17-21H2,1-3H3/t24?,25?,29-,30-/m1/s1. The van der Waals surface area contributed by atoms with E-state index in [1.165, 1.54) is 76.2 Å². The van der Waals surface area contributed by atoms with Crippen LogP contribution in [0.3, 0.4) is 0 Å². The molecule has 2 aliphatic carbocycles. The molecule has 0 heterocycles. The average molecular weight is 476 g/mol. The predicted molar refractivity (Wildman–Crippen MR) is 143 cm³/mol. The monoisotopic (exact) mass is 474 g/mol. The van der Waals surface area contributed by atoms with Gasteiger partial charge in [-0.2, -0.15) is 0 Å². The van der Waals surface area contributed by atoms with Crippen molar-refractivity contribution >= 4 is 23.2 Å². The fraction of sp³-hybridized carbons (Fsp3) is 0.667. The highest BCUT2D eigenvalue weighted by Gasteiger charge is 2.56. The molecule has 2 aliphatic rings. The summed E-state index contributed by atoms with van der Waals surface area (Å²) in [6, 6.07) is 8.71. The van der Waals surface area contributed by atoms with Gasteiger partial charge in [-0.3, -0.25) is 0 Å². The van der Waals surface area contributed by atoms with Crippen LogP contribution in [0.15, 0.2) is 47.5 Å². The minimum atomic E-state index is -0.0688. The van der Waals surface area contributed by atoms with Gasteiger partial charge >= 0.3 is 0 Å². The van der Waals surface area contributed by atoms with Gasteiger partial charge in [0.1, 0.15) is 0 Å². The fourth-order valence-corrected chi connectivity index (χ4v) is 7.56. The fourth-order valence-electron chi connectivity index (χ4n) is 6.91. The van der Waals surface area contributed by atoms with E-state index in [4.69, 9.17) is 23.2 Å². The summed E-state index contributed by atoms with van der Waals surface area (Å²) in [4.78, 5) is 0. The Morgan fingerprint density at radius 2 is 1.62 bits per heavy atom. The molecule has 0 N–H and O–H groups in total. The molecule has 2 heteroatoms. The molecule has 0 bridgehead atoms. The van der Waals surface area contributed by atoms with Gasteiger partial charge in [-0.15, -0.1) is 0 Å². The van der Waals surface area contributed by atoms with Crippen LogP contribution >= 0.6 is 23.2 Å². The Morgan fingerprint density at radius 3 is 2.28 bits per heavy atom. The predicted octanol–water partition coefficient (Wildman–Crippen LogP) is 10.6. The molecule has 1 saturated carbocycles. The van der Waals surface area contributed by atoms with Gasteiger partial charge in [0.05, 0.1) is 0 Å². The molecular formula is C30H44Cl2. The van der Waals surface area contributed by atoms with Gasteiger partial charge in [0.15, 0.2) is 0 Å². The van der Waals surface area contributed by atoms with Crippen molar-refractivity contribution < 1.29 is 0 Å². The van der Waals surface area contributed by atoms with Crippen molar-refractivity contribution in [3.05, 3.63) is 58.1 Å². The zero-order valence-corrected chi connectivity index (χ0v) is 22.2. The number of hydrogen-bond donors (Lipinski definition) is 0. The summed E-state index contributed by atoms with van der Waals surface area (Å²) in [5.74, 6) is 1.52. The van der Waals surface area contributed by atoms with Crippen LogP contribution in [0, 0.1) is 17.3 Å². The first-order valence-corrected chi connectivity index (χ1v) is 14.1. The summed E-state index contributed by atoms with van der Waals surface area (Å²) < 4.78 is 0. The van der Waals surface area contributed by atoms with E-state index in [2.05, 4.69) is 57.2 Å². The number of hydrogen-bond acceptors (Lipinski definition) is 0. The van der Waals surface area contributed by atoms with E-state index < -0.39 is 0 Å². The van der Waals surface area contributed by atoms with Crippen molar-refractivity contribution in [2.24, 2.45) is 17.3 Å². The molecule has 32 heavy (non-hydrogen) atoms. The van der Waals surface area contributed by atoms with Gasteiger partial charge in [0.2, 0.25) is 0 Å². The topological polar surface area (TPSA) is 0 Å². The quantitative estimate of drug-likeness (QED) is 0.279. The van der Waals surface area contributed by atoms with Crippen molar-refractivity contribution in [1.82, 2.24) is 0 Å². The van der Waals surface area contributed by atoms with Gasteiger partial charge in [-0.1, -0.05) is 126 Å². The lowest BCUT2D eigenvalue weighted by Gasteiger charge is -2.56. The Hall–Kier alpha value is -0.720. The van der Waals surface area contributed by atoms with Crippen LogP contribution < -0.4 is 0 Å². The van der Waals surface area contributed by atoms with Gasteiger partial charge in [-0.05, 0) is 61.3 Å². The minimum Gasteiger partial charge on any atom is -0.0885 e. The Morgan fingerprint density at radius 1 is 0.906 bits per heavy atom. The highest BCUT2D eigenvalue weighted by molar-refractivity contribution is 6.31. The number of benzene rings is 1. The second-order valence-corrected chi connectivity index (χ2v) is 11.2. The first-order valence-electron chi connectivity index (χ1n) is 13.4. The second kappa shape index (κ2) is 12.1. The van der Waals surface area contributed by atoms with E-state index in [0.717, 1.165) is 28.8 Å². The van der Waals surface area contributed by atoms with Gasteiger partial charge in [0, 0.05) is 20.9 Å². The van der Waals surface area contributed by atoms with Crippen LogP contribution in [0.5, 0.6) is 0 Å². The van der Waals surface area contributed by atoms with Crippen LogP contribution in [0.1, 0.15) is 110 Å². The second-order valence-electron chi connectivity index (χ2n) is 10.4. The first kappa shape index (κ1) is 25.9. The summed E-state index contributed by atoms with van der Waals surface area (Å²) >= 11 is 13.8. The third-order valence-corrected chi connectivity index (χ3v) is 9.39. The third kappa shape index (κ3) is 5.17. The molecule has 1 aromatic rings. The maximum absolute atomic E-state index is 7.20. The average Bonchev–Trinajstić information content (AvgIpc) is 2.81. The van der Waals surface area contributed by atoms with E-state index in [-0.39, 0.29) is 10.8 Å². The van der Waals surface area contributed by atoms with Crippen molar-refractivity contribution in [3.63, 3.8) is 0 Å². The summed E-state index contributed by atoms with van der Waals surface area (Å²) in [6.07, 6.45) is 23.7. The van der Waals surface area contributed by atoms with E-state index in [1.54, 1.807) is 0 Å². The molecule has 0 unspecified atom stereocenters. The molecule has 0 aliphatic heterocycles. The SMILES string of the molecule is CCCCCC1CCC([C@@]2(c3cccc(Cl)c3)C=CC=C(Cl)[C@@]2(CC)CCCCC)CC1. The molecular weight excluding hydrogens is 431 g/mol. The molecule has 0 spiro atoms. The molecule has 178 valence electrons. The summed E-state index contributed by atoms with van der Waals surface area (Å²) in [6.45, 7) is 6.96. The molecule has 0 amide bonds. The van der Waals surface area contributed by atoms with Crippen LogP contribution in [0.4, 0.5) is 0 Å². The summed E-state index contributed by atoms with van der Waals surface area (Å²) in [5, 5.41) is 1.90. The van der Waals surface area contributed by atoms with Gasteiger partial charge in [-0.25, -0.2) is 0 Å². The Bertz CT molecular complexity index is 771. The zero-order valence-electron chi connectivity index (χ0n) is 20.6.